The molecule has 0 aliphatic heterocycles. The van der Waals surface area contributed by atoms with Crippen molar-refractivity contribution < 1.29 is 8.42 Å². The molecule has 0 heterocycles. The molecule has 0 fully saturated rings. The van der Waals surface area contributed by atoms with Gasteiger partial charge in [0.25, 0.3) is 10.0 Å². The van der Waals surface area contributed by atoms with Gasteiger partial charge < -0.3 is 0 Å². The number of hydrogen-bond acceptors (Lipinski definition) is 2. The quantitative estimate of drug-likeness (QED) is 0.710. The van der Waals surface area contributed by atoms with Crippen LogP contribution in [0.3, 0.4) is 0 Å². The molecule has 0 N–H and O–H groups in total. The van der Waals surface area contributed by atoms with Gasteiger partial charge in [-0.25, -0.2) is 8.42 Å². The Labute approximate surface area is 138 Å². The predicted molar refractivity (Wildman–Crippen MR) is 90.3 cm³/mol. The summed E-state index contributed by atoms with van der Waals surface area (Å²) in [4.78, 5) is 0.201. The van der Waals surface area contributed by atoms with E-state index in [0.717, 1.165) is 4.47 Å². The molecule has 0 bridgehead atoms. The van der Waals surface area contributed by atoms with E-state index in [2.05, 4.69) is 22.5 Å². The average Bonchev–Trinajstić information content (AvgIpc) is 2.46. The Morgan fingerprint density at radius 2 is 1.76 bits per heavy atom. The highest BCUT2D eigenvalue weighted by atomic mass is 79.9. The van der Waals surface area contributed by atoms with Crippen LogP contribution in [0.4, 0.5) is 5.69 Å². The Kier molecular flexibility index (Phi) is 5.08. The number of sulfonamides is 1. The Hall–Kier alpha value is -1.30. The normalized spacial score (nSPS) is 11.1. The largest absolute Gasteiger partial charge is 0.264 e. The maximum atomic E-state index is 12.8. The molecule has 0 atom stereocenters. The van der Waals surface area contributed by atoms with Gasteiger partial charge in [-0.15, -0.1) is 6.58 Å². The topological polar surface area (TPSA) is 37.4 Å². The van der Waals surface area contributed by atoms with Crippen molar-refractivity contribution >= 4 is 43.2 Å². The number of hydrogen-bond donors (Lipinski definition) is 0. The Bertz CT molecular complexity index is 745. The minimum atomic E-state index is -3.70. The molecule has 0 spiro atoms. The lowest BCUT2D eigenvalue weighted by atomic mass is 10.3. The van der Waals surface area contributed by atoms with Crippen molar-refractivity contribution in [1.29, 1.82) is 0 Å². The summed E-state index contributed by atoms with van der Waals surface area (Å²) in [5.41, 5.74) is 0.432. The smallest absolute Gasteiger partial charge is 0.261 e. The molecule has 0 unspecified atom stereocenters. The van der Waals surface area contributed by atoms with Gasteiger partial charge in [-0.05, 0) is 36.4 Å². The van der Waals surface area contributed by atoms with E-state index >= 15 is 0 Å². The zero-order valence-corrected chi connectivity index (χ0v) is 14.2. The zero-order valence-electron chi connectivity index (χ0n) is 11.0. The van der Waals surface area contributed by atoms with Gasteiger partial charge in [0.2, 0.25) is 0 Å². The number of anilines is 1. The van der Waals surface area contributed by atoms with E-state index in [1.165, 1.54) is 10.4 Å². The molecule has 0 aliphatic carbocycles. The number of para-hydroxylation sites is 1. The van der Waals surface area contributed by atoms with Gasteiger partial charge in [-0.1, -0.05) is 45.7 Å². The Balaban J connectivity index is 2.54. The second-order valence-electron chi connectivity index (χ2n) is 4.23. The van der Waals surface area contributed by atoms with Crippen molar-refractivity contribution in [1.82, 2.24) is 0 Å². The van der Waals surface area contributed by atoms with Crippen LogP contribution >= 0.6 is 27.5 Å². The first-order valence-electron chi connectivity index (χ1n) is 6.10. The third kappa shape index (κ3) is 3.48. The molecule has 0 saturated carbocycles. The average molecular weight is 387 g/mol. The lowest BCUT2D eigenvalue weighted by molar-refractivity contribution is 0.593. The lowest BCUT2D eigenvalue weighted by Crippen LogP contribution is -2.31. The fraction of sp³-hybridized carbons (Fsp3) is 0.0667. The summed E-state index contributed by atoms with van der Waals surface area (Å²) < 4.78 is 27.6. The van der Waals surface area contributed by atoms with Crippen LogP contribution in [0.15, 0.2) is 70.6 Å². The summed E-state index contributed by atoms with van der Waals surface area (Å²) in [6.45, 7) is 3.76. The van der Waals surface area contributed by atoms with Gasteiger partial charge in [0, 0.05) is 4.47 Å². The molecule has 0 amide bonds. The van der Waals surface area contributed by atoms with E-state index in [4.69, 9.17) is 11.6 Å². The summed E-state index contributed by atoms with van der Waals surface area (Å²) in [6.07, 6.45) is 1.53. The molecule has 2 aromatic carbocycles. The molecule has 0 radical (unpaired) electrons. The Morgan fingerprint density at radius 1 is 1.14 bits per heavy atom. The fourth-order valence-electron chi connectivity index (χ4n) is 1.83. The monoisotopic (exact) mass is 385 g/mol. The molecule has 2 rings (SSSR count). The minimum absolute atomic E-state index is 0.141. The summed E-state index contributed by atoms with van der Waals surface area (Å²) in [6, 6.07) is 13.3. The first-order chi connectivity index (χ1) is 9.96. The second kappa shape index (κ2) is 6.64. The van der Waals surface area contributed by atoms with Crippen LogP contribution in [0.5, 0.6) is 0 Å². The molecular weight excluding hydrogens is 374 g/mol. The summed E-state index contributed by atoms with van der Waals surface area (Å²) in [5, 5.41) is 0.375. The van der Waals surface area contributed by atoms with Crippen LogP contribution in [-0.4, -0.2) is 15.0 Å². The molecule has 2 aromatic rings. The van der Waals surface area contributed by atoms with E-state index in [-0.39, 0.29) is 11.4 Å². The molecular formula is C15H13BrClNO2S. The zero-order chi connectivity index (χ0) is 15.5. The molecule has 3 nitrogen and oxygen atoms in total. The van der Waals surface area contributed by atoms with Crippen molar-refractivity contribution in [3.63, 3.8) is 0 Å². The van der Waals surface area contributed by atoms with Gasteiger partial charge in [0.05, 0.1) is 22.2 Å². The van der Waals surface area contributed by atoms with Crippen molar-refractivity contribution in [2.75, 3.05) is 10.8 Å². The van der Waals surface area contributed by atoms with Crippen molar-refractivity contribution in [3.05, 3.63) is 70.7 Å². The van der Waals surface area contributed by atoms with Crippen molar-refractivity contribution in [2.45, 2.75) is 4.90 Å². The Morgan fingerprint density at radius 3 is 2.33 bits per heavy atom. The first kappa shape index (κ1) is 16.1. The van der Waals surface area contributed by atoms with Crippen LogP contribution in [-0.2, 0) is 10.0 Å². The third-order valence-electron chi connectivity index (χ3n) is 2.82. The fourth-order valence-corrected chi connectivity index (χ4v) is 3.84. The predicted octanol–water partition coefficient (Wildman–Crippen LogP) is 4.48. The SMILES string of the molecule is C=CCN(c1ccccc1Cl)S(=O)(=O)c1ccc(Br)cc1. The minimum Gasteiger partial charge on any atom is -0.261 e. The van der Waals surface area contributed by atoms with E-state index < -0.39 is 10.0 Å². The molecule has 21 heavy (non-hydrogen) atoms. The highest BCUT2D eigenvalue weighted by molar-refractivity contribution is 9.10. The van der Waals surface area contributed by atoms with E-state index in [1.807, 2.05) is 0 Å². The number of rotatable bonds is 5. The number of benzene rings is 2. The van der Waals surface area contributed by atoms with E-state index in [0.29, 0.717) is 10.7 Å². The molecule has 0 aromatic heterocycles. The van der Waals surface area contributed by atoms with Crippen LogP contribution in [0.25, 0.3) is 0 Å². The maximum Gasteiger partial charge on any atom is 0.264 e. The van der Waals surface area contributed by atoms with Gasteiger partial charge in [0.15, 0.2) is 0 Å². The second-order valence-corrected chi connectivity index (χ2v) is 7.42. The van der Waals surface area contributed by atoms with Gasteiger partial charge >= 0.3 is 0 Å². The maximum absolute atomic E-state index is 12.8. The number of nitrogens with zero attached hydrogens (tertiary/aromatic N) is 1. The van der Waals surface area contributed by atoms with Crippen molar-refractivity contribution in [2.24, 2.45) is 0 Å². The molecule has 0 saturated heterocycles. The van der Waals surface area contributed by atoms with E-state index in [9.17, 15) is 8.42 Å². The lowest BCUT2D eigenvalue weighted by Gasteiger charge is -2.24. The summed E-state index contributed by atoms with van der Waals surface area (Å²) >= 11 is 9.42. The molecule has 110 valence electrons. The standard InChI is InChI=1S/C15H13BrClNO2S/c1-2-11-18(15-6-4-3-5-14(15)17)21(19,20)13-9-7-12(16)8-10-13/h2-10H,1,11H2. The van der Waals surface area contributed by atoms with Gasteiger partial charge in [-0.3, -0.25) is 4.31 Å². The van der Waals surface area contributed by atoms with E-state index in [1.54, 1.807) is 48.5 Å². The first-order valence-corrected chi connectivity index (χ1v) is 8.71. The van der Waals surface area contributed by atoms with Crippen LogP contribution in [0.1, 0.15) is 0 Å². The number of halogens is 2. The summed E-state index contributed by atoms with van der Waals surface area (Å²) in [5.74, 6) is 0. The van der Waals surface area contributed by atoms with Crippen molar-refractivity contribution in [3.8, 4) is 0 Å². The van der Waals surface area contributed by atoms with Gasteiger partial charge in [0.1, 0.15) is 0 Å². The highest BCUT2D eigenvalue weighted by Crippen LogP contribution is 2.30. The third-order valence-corrected chi connectivity index (χ3v) is 5.46. The molecule has 0 aliphatic rings. The highest BCUT2D eigenvalue weighted by Gasteiger charge is 2.25. The van der Waals surface area contributed by atoms with Gasteiger partial charge in [-0.2, -0.15) is 0 Å². The summed E-state index contributed by atoms with van der Waals surface area (Å²) in [7, 11) is -3.70. The van der Waals surface area contributed by atoms with Crippen LogP contribution < -0.4 is 4.31 Å². The molecule has 6 heteroatoms. The van der Waals surface area contributed by atoms with Crippen LogP contribution in [0.2, 0.25) is 5.02 Å². The van der Waals surface area contributed by atoms with Crippen LogP contribution in [0, 0.1) is 0 Å².